The quantitative estimate of drug-likeness (QED) is 0.673. The first-order valence-electron chi connectivity index (χ1n) is 7.08. The number of hydrogen-bond acceptors (Lipinski definition) is 6. The number of sulfone groups is 1. The van der Waals surface area contributed by atoms with E-state index in [0.29, 0.717) is 11.3 Å². The van der Waals surface area contributed by atoms with Gasteiger partial charge in [-0.3, -0.25) is 4.98 Å². The summed E-state index contributed by atoms with van der Waals surface area (Å²) in [6, 6.07) is 7.68. The molecule has 24 heavy (non-hydrogen) atoms. The highest BCUT2D eigenvalue weighted by Crippen LogP contribution is 2.25. The second-order valence-electron chi connectivity index (χ2n) is 5.42. The van der Waals surface area contributed by atoms with Crippen molar-refractivity contribution in [1.82, 2.24) is 14.8 Å². The Balaban J connectivity index is 2.10. The van der Waals surface area contributed by atoms with Crippen LogP contribution < -0.4 is 4.74 Å². The summed E-state index contributed by atoms with van der Waals surface area (Å²) in [5.41, 5.74) is 1.19. The Labute approximate surface area is 138 Å². The van der Waals surface area contributed by atoms with Gasteiger partial charge >= 0.3 is 5.97 Å². The number of rotatable bonds is 3. The summed E-state index contributed by atoms with van der Waals surface area (Å²) in [6.07, 6.45) is 2.62. The van der Waals surface area contributed by atoms with Gasteiger partial charge in [0.2, 0.25) is 5.88 Å². The Hall–Kier alpha value is -2.74. The van der Waals surface area contributed by atoms with Crippen LogP contribution in [0.15, 0.2) is 41.4 Å². The highest BCUT2D eigenvalue weighted by atomic mass is 32.2. The fourth-order valence-corrected chi connectivity index (χ4v) is 3.35. The summed E-state index contributed by atoms with van der Waals surface area (Å²) >= 11 is 0. The molecule has 0 unspecified atom stereocenters. The Morgan fingerprint density at radius 2 is 2.00 bits per heavy atom. The fourth-order valence-electron chi connectivity index (χ4n) is 2.47. The standard InChI is InChI=1S/C16H15N3O4S/c1-10-9-14(19(2)18-10)23-16(20)12-6-7-13(24(3,21)22)11-5-4-8-17-15(11)12/h4-9H,1-3H3. The van der Waals surface area contributed by atoms with E-state index in [0.717, 1.165) is 11.9 Å². The molecular formula is C16H15N3O4S. The normalized spacial score (nSPS) is 11.6. The number of carbonyl (C=O) groups is 1. The van der Waals surface area contributed by atoms with Crippen LogP contribution >= 0.6 is 0 Å². The van der Waals surface area contributed by atoms with Gasteiger partial charge in [-0.25, -0.2) is 17.9 Å². The van der Waals surface area contributed by atoms with Gasteiger partial charge in [0.05, 0.1) is 21.7 Å². The van der Waals surface area contributed by atoms with Crippen LogP contribution in [0.4, 0.5) is 0 Å². The molecule has 0 amide bonds. The van der Waals surface area contributed by atoms with Crippen molar-refractivity contribution in [3.05, 3.63) is 47.8 Å². The van der Waals surface area contributed by atoms with Crippen molar-refractivity contribution in [1.29, 1.82) is 0 Å². The predicted octanol–water partition coefficient (Wildman–Crippen LogP) is 1.90. The van der Waals surface area contributed by atoms with Crippen LogP contribution in [0, 0.1) is 6.92 Å². The molecule has 0 aliphatic heterocycles. The minimum absolute atomic E-state index is 0.124. The van der Waals surface area contributed by atoms with Crippen LogP contribution in [0.25, 0.3) is 10.9 Å². The topological polar surface area (TPSA) is 91.2 Å². The van der Waals surface area contributed by atoms with Crippen molar-refractivity contribution < 1.29 is 17.9 Å². The van der Waals surface area contributed by atoms with E-state index in [9.17, 15) is 13.2 Å². The van der Waals surface area contributed by atoms with Crippen molar-refractivity contribution in [2.45, 2.75) is 11.8 Å². The molecule has 0 spiro atoms. The smallest absolute Gasteiger partial charge is 0.347 e. The zero-order valence-electron chi connectivity index (χ0n) is 13.3. The van der Waals surface area contributed by atoms with Gasteiger partial charge in [0.25, 0.3) is 0 Å². The van der Waals surface area contributed by atoms with Gasteiger partial charge in [-0.1, -0.05) is 0 Å². The zero-order valence-corrected chi connectivity index (χ0v) is 14.2. The maximum Gasteiger partial charge on any atom is 0.347 e. The number of benzene rings is 1. The largest absolute Gasteiger partial charge is 0.404 e. The molecule has 0 atom stereocenters. The molecule has 0 N–H and O–H groups in total. The van der Waals surface area contributed by atoms with Crippen molar-refractivity contribution in [2.24, 2.45) is 7.05 Å². The monoisotopic (exact) mass is 345 g/mol. The van der Waals surface area contributed by atoms with Crippen molar-refractivity contribution in [2.75, 3.05) is 6.26 Å². The van der Waals surface area contributed by atoms with Crippen LogP contribution in [0.1, 0.15) is 16.1 Å². The minimum Gasteiger partial charge on any atom is -0.404 e. The first-order valence-corrected chi connectivity index (χ1v) is 8.97. The van der Waals surface area contributed by atoms with E-state index in [-0.39, 0.29) is 16.0 Å². The second kappa shape index (κ2) is 5.72. The van der Waals surface area contributed by atoms with Crippen molar-refractivity contribution >= 4 is 26.7 Å². The van der Waals surface area contributed by atoms with E-state index >= 15 is 0 Å². The second-order valence-corrected chi connectivity index (χ2v) is 7.40. The SMILES string of the molecule is Cc1cc(OC(=O)c2ccc(S(C)(=O)=O)c3cccnc23)n(C)n1. The number of carbonyl (C=O) groups excluding carboxylic acids is 1. The zero-order chi connectivity index (χ0) is 17.5. The van der Waals surface area contributed by atoms with E-state index in [1.54, 1.807) is 32.2 Å². The minimum atomic E-state index is -3.44. The highest BCUT2D eigenvalue weighted by molar-refractivity contribution is 7.91. The lowest BCUT2D eigenvalue weighted by atomic mass is 10.1. The average Bonchev–Trinajstić information content (AvgIpc) is 2.82. The van der Waals surface area contributed by atoms with Crippen molar-refractivity contribution in [3.63, 3.8) is 0 Å². The van der Waals surface area contributed by atoms with E-state index in [4.69, 9.17) is 4.74 Å². The molecule has 3 aromatic rings. The van der Waals surface area contributed by atoms with Crippen LogP contribution in [-0.2, 0) is 16.9 Å². The lowest BCUT2D eigenvalue weighted by Crippen LogP contribution is -2.13. The average molecular weight is 345 g/mol. The number of esters is 1. The van der Waals surface area contributed by atoms with E-state index in [2.05, 4.69) is 10.1 Å². The number of fused-ring (bicyclic) bond motifs is 1. The number of ether oxygens (including phenoxy) is 1. The maximum absolute atomic E-state index is 12.5. The lowest BCUT2D eigenvalue weighted by molar-refractivity contribution is 0.0722. The molecule has 2 aromatic heterocycles. The van der Waals surface area contributed by atoms with Crippen LogP contribution in [0.2, 0.25) is 0 Å². The summed E-state index contributed by atoms with van der Waals surface area (Å²) in [4.78, 5) is 16.8. The summed E-state index contributed by atoms with van der Waals surface area (Å²) in [5, 5.41) is 4.50. The molecule has 0 radical (unpaired) electrons. The predicted molar refractivity (Wildman–Crippen MR) is 87.8 cm³/mol. The molecule has 0 aliphatic rings. The van der Waals surface area contributed by atoms with Gasteiger partial charge < -0.3 is 4.74 Å². The number of nitrogens with zero attached hydrogens (tertiary/aromatic N) is 3. The van der Waals surface area contributed by atoms with E-state index in [1.165, 1.54) is 23.0 Å². The summed E-state index contributed by atoms with van der Waals surface area (Å²) in [6.45, 7) is 1.79. The molecule has 3 rings (SSSR count). The number of aryl methyl sites for hydroxylation is 2. The van der Waals surface area contributed by atoms with E-state index in [1.807, 2.05) is 0 Å². The first kappa shape index (κ1) is 16.1. The van der Waals surface area contributed by atoms with Gasteiger partial charge in [0, 0.05) is 31.0 Å². The Morgan fingerprint density at radius 1 is 1.25 bits per heavy atom. The van der Waals surface area contributed by atoms with Gasteiger partial charge in [0.15, 0.2) is 9.84 Å². The van der Waals surface area contributed by atoms with Gasteiger partial charge in [-0.15, -0.1) is 0 Å². The molecule has 7 nitrogen and oxygen atoms in total. The number of hydrogen-bond donors (Lipinski definition) is 0. The van der Waals surface area contributed by atoms with Crippen molar-refractivity contribution in [3.8, 4) is 5.88 Å². The van der Waals surface area contributed by atoms with Crippen LogP contribution in [0.3, 0.4) is 0 Å². The molecule has 0 saturated carbocycles. The molecule has 1 aromatic carbocycles. The molecular weight excluding hydrogens is 330 g/mol. The highest BCUT2D eigenvalue weighted by Gasteiger charge is 2.20. The summed E-state index contributed by atoms with van der Waals surface area (Å²) in [7, 11) is -1.77. The van der Waals surface area contributed by atoms with Gasteiger partial charge in [-0.05, 0) is 31.2 Å². The summed E-state index contributed by atoms with van der Waals surface area (Å²) < 4.78 is 30.6. The molecule has 0 fully saturated rings. The molecule has 0 bridgehead atoms. The third kappa shape index (κ3) is 2.88. The lowest BCUT2D eigenvalue weighted by Gasteiger charge is -2.09. The number of aromatic nitrogens is 3. The molecule has 0 aliphatic carbocycles. The Bertz CT molecular complexity index is 1050. The maximum atomic E-state index is 12.5. The Morgan fingerprint density at radius 3 is 2.62 bits per heavy atom. The first-order chi connectivity index (χ1) is 11.3. The van der Waals surface area contributed by atoms with Gasteiger partial charge in [-0.2, -0.15) is 5.10 Å². The third-order valence-electron chi connectivity index (χ3n) is 3.51. The van der Waals surface area contributed by atoms with Gasteiger partial charge in [0.1, 0.15) is 0 Å². The van der Waals surface area contributed by atoms with E-state index < -0.39 is 15.8 Å². The fraction of sp³-hybridized carbons (Fsp3) is 0.188. The molecule has 0 saturated heterocycles. The Kier molecular flexibility index (Phi) is 3.84. The van der Waals surface area contributed by atoms with Crippen LogP contribution in [0.5, 0.6) is 5.88 Å². The molecule has 2 heterocycles. The molecule has 8 heteroatoms. The van der Waals surface area contributed by atoms with Crippen LogP contribution in [-0.4, -0.2) is 35.4 Å². The number of pyridine rings is 1. The molecule has 124 valence electrons. The third-order valence-corrected chi connectivity index (χ3v) is 4.66. The summed E-state index contributed by atoms with van der Waals surface area (Å²) in [5.74, 6) is -0.324.